The molecule has 0 saturated heterocycles. The van der Waals surface area contributed by atoms with E-state index in [1.807, 2.05) is 24.3 Å². The molecule has 3 rings (SSSR count). The summed E-state index contributed by atoms with van der Waals surface area (Å²) in [6.07, 6.45) is 6.46. The first-order valence-electron chi connectivity index (χ1n) is 9.57. The summed E-state index contributed by atoms with van der Waals surface area (Å²) in [5, 5.41) is 0. The molecule has 0 atom stereocenters. The maximum Gasteiger partial charge on any atom is 0.466 e. The Balaban J connectivity index is 0.000000696. The summed E-state index contributed by atoms with van der Waals surface area (Å²) >= 11 is 0. The average Bonchev–Trinajstić information content (AvgIpc) is 2.76. The zero-order valence-electron chi connectivity index (χ0n) is 17.4. The van der Waals surface area contributed by atoms with E-state index in [2.05, 4.69) is 0 Å². The molecule has 0 radical (unpaired) electrons. The van der Waals surface area contributed by atoms with Crippen LogP contribution in [0.15, 0.2) is 84.9 Å². The van der Waals surface area contributed by atoms with Crippen LogP contribution in [0.1, 0.15) is 31.8 Å². The predicted octanol–water partition coefficient (Wildman–Crippen LogP) is 3.71. The molecule has 7 N–H and O–H groups in total. The van der Waals surface area contributed by atoms with Crippen molar-refractivity contribution in [1.29, 1.82) is 0 Å². The van der Waals surface area contributed by atoms with E-state index in [9.17, 15) is 9.59 Å². The van der Waals surface area contributed by atoms with Gasteiger partial charge in [0.05, 0.1) is 0 Å². The van der Waals surface area contributed by atoms with Gasteiger partial charge in [-0.25, -0.2) is 4.57 Å². The number of carbonyl (C=O) groups excluding carboxylic acids is 2. The number of hydrogen-bond acceptors (Lipinski definition) is 5. The van der Waals surface area contributed by atoms with Crippen LogP contribution in [0.25, 0.3) is 12.2 Å². The highest BCUT2D eigenvalue weighted by Crippen LogP contribution is 2.25. The summed E-state index contributed by atoms with van der Waals surface area (Å²) in [4.78, 5) is 46.0. The minimum Gasteiger partial charge on any atom is -0.398 e. The first-order valence-corrected chi connectivity index (χ1v) is 11.1. The quantitative estimate of drug-likeness (QED) is 0.159. The molecule has 0 bridgehead atoms. The Morgan fingerprint density at radius 1 is 0.636 bits per heavy atom. The van der Waals surface area contributed by atoms with Crippen LogP contribution in [-0.2, 0) is 4.57 Å². The van der Waals surface area contributed by atoms with Gasteiger partial charge in [0.15, 0.2) is 11.6 Å². The summed E-state index contributed by atoms with van der Waals surface area (Å²) in [6, 6.07) is 21.4. The van der Waals surface area contributed by atoms with E-state index in [1.54, 1.807) is 60.7 Å². The maximum absolute atomic E-state index is 12.2. The Labute approximate surface area is 190 Å². The maximum atomic E-state index is 12.2. The lowest BCUT2D eigenvalue weighted by Gasteiger charge is -2.01. The Morgan fingerprint density at radius 3 is 1.24 bits per heavy atom. The molecule has 3 aromatic rings. The van der Waals surface area contributed by atoms with Crippen LogP contribution in [0.2, 0.25) is 0 Å². The molecule has 0 saturated carbocycles. The molecular weight excluding hydrogens is 443 g/mol. The lowest BCUT2D eigenvalue weighted by molar-refractivity contribution is 0.104. The van der Waals surface area contributed by atoms with Crippen LogP contribution in [0.3, 0.4) is 0 Å². The lowest BCUT2D eigenvalue weighted by atomic mass is 10.1. The second-order valence-electron chi connectivity index (χ2n) is 6.75. The molecule has 0 amide bonds. The van der Waals surface area contributed by atoms with Crippen molar-refractivity contribution in [3.05, 3.63) is 107 Å². The number of ketones is 2. The van der Waals surface area contributed by atoms with E-state index in [0.717, 1.165) is 11.1 Å². The second-order valence-corrected chi connectivity index (χ2v) is 7.78. The monoisotopic (exact) mass is 466 g/mol. The highest BCUT2D eigenvalue weighted by atomic mass is 31.2. The van der Waals surface area contributed by atoms with Gasteiger partial charge in [0, 0.05) is 22.5 Å². The molecule has 8 nitrogen and oxygen atoms in total. The van der Waals surface area contributed by atoms with Gasteiger partial charge in [-0.1, -0.05) is 60.7 Å². The summed E-state index contributed by atoms with van der Waals surface area (Å²) in [7, 11) is -4.64. The van der Waals surface area contributed by atoms with Crippen molar-refractivity contribution in [2.75, 3.05) is 11.5 Å². The number of allylic oxidation sites excluding steroid dienone is 2. The SMILES string of the molecule is Nc1ccccc1C(=O)/C=C/c1ccc(/C=C/C(=O)c2ccccc2N)cc1.O=P(O)(O)O. The van der Waals surface area contributed by atoms with Crippen molar-refractivity contribution in [3.8, 4) is 0 Å². The van der Waals surface area contributed by atoms with Crippen molar-refractivity contribution >= 4 is 42.9 Å². The summed E-state index contributed by atoms with van der Waals surface area (Å²) in [5.41, 5.74) is 15.3. The van der Waals surface area contributed by atoms with Crippen molar-refractivity contribution in [1.82, 2.24) is 0 Å². The number of para-hydroxylation sites is 2. The third-order valence-corrected chi connectivity index (χ3v) is 4.24. The Kier molecular flexibility index (Phi) is 9.03. The summed E-state index contributed by atoms with van der Waals surface area (Å²) in [6.45, 7) is 0. The van der Waals surface area contributed by atoms with E-state index in [4.69, 9.17) is 30.7 Å². The van der Waals surface area contributed by atoms with E-state index in [0.29, 0.717) is 22.5 Å². The van der Waals surface area contributed by atoms with E-state index < -0.39 is 7.82 Å². The van der Waals surface area contributed by atoms with E-state index in [1.165, 1.54) is 12.2 Å². The standard InChI is InChI=1S/C24H20N2O2.H3O4P/c25-21-7-3-1-5-19(21)23(27)15-13-17-9-11-18(12-10-17)14-16-24(28)20-6-2-4-8-22(20)26;1-5(2,3)4/h1-16H,25-26H2;(H3,1,2,3,4)/b15-13+,16-14+;. The summed E-state index contributed by atoms with van der Waals surface area (Å²) < 4.78 is 8.88. The van der Waals surface area contributed by atoms with Gasteiger partial charge >= 0.3 is 7.82 Å². The molecular formula is C24H23N2O6P. The number of phosphoric acid groups is 1. The molecule has 33 heavy (non-hydrogen) atoms. The van der Waals surface area contributed by atoms with Crippen molar-refractivity contribution in [2.24, 2.45) is 0 Å². The van der Waals surface area contributed by atoms with Crippen LogP contribution >= 0.6 is 7.82 Å². The topological polar surface area (TPSA) is 164 Å². The van der Waals surface area contributed by atoms with E-state index in [-0.39, 0.29) is 11.6 Å². The third-order valence-electron chi connectivity index (χ3n) is 4.24. The number of nitrogen functional groups attached to an aromatic ring is 2. The van der Waals surface area contributed by atoms with E-state index >= 15 is 0 Å². The molecule has 0 heterocycles. The fourth-order valence-corrected chi connectivity index (χ4v) is 2.68. The zero-order valence-corrected chi connectivity index (χ0v) is 18.3. The third kappa shape index (κ3) is 9.06. The Morgan fingerprint density at radius 2 is 0.939 bits per heavy atom. The minimum absolute atomic E-state index is 0.145. The highest BCUT2D eigenvalue weighted by Gasteiger charge is 2.06. The molecule has 0 spiro atoms. The molecule has 0 aliphatic rings. The van der Waals surface area contributed by atoms with Gasteiger partial charge in [0.25, 0.3) is 0 Å². The van der Waals surface area contributed by atoms with Crippen molar-refractivity contribution in [3.63, 3.8) is 0 Å². The molecule has 9 heteroatoms. The largest absolute Gasteiger partial charge is 0.466 e. The number of carbonyl (C=O) groups is 2. The first-order chi connectivity index (χ1) is 15.5. The number of benzene rings is 3. The smallest absolute Gasteiger partial charge is 0.398 e. The van der Waals surface area contributed by atoms with Gasteiger partial charge in [-0.3, -0.25) is 9.59 Å². The first kappa shape index (κ1) is 25.5. The number of nitrogens with two attached hydrogens (primary N) is 2. The molecule has 0 fully saturated rings. The molecule has 3 aromatic carbocycles. The van der Waals surface area contributed by atoms with Gasteiger partial charge in [-0.05, 0) is 47.5 Å². The van der Waals surface area contributed by atoms with Gasteiger partial charge in [-0.2, -0.15) is 0 Å². The number of rotatable bonds is 6. The van der Waals surface area contributed by atoms with Crippen LogP contribution in [-0.4, -0.2) is 26.2 Å². The van der Waals surface area contributed by atoms with Crippen molar-refractivity contribution < 1.29 is 28.8 Å². The molecule has 0 aromatic heterocycles. The van der Waals surface area contributed by atoms with Gasteiger partial charge in [0.2, 0.25) is 0 Å². The summed E-state index contributed by atoms with van der Waals surface area (Å²) in [5.74, 6) is -0.291. The molecule has 0 aliphatic carbocycles. The van der Waals surface area contributed by atoms with Gasteiger partial charge < -0.3 is 26.1 Å². The highest BCUT2D eigenvalue weighted by molar-refractivity contribution is 7.45. The van der Waals surface area contributed by atoms with Gasteiger partial charge in [-0.15, -0.1) is 0 Å². The predicted molar refractivity (Wildman–Crippen MR) is 129 cm³/mol. The van der Waals surface area contributed by atoms with Gasteiger partial charge in [0.1, 0.15) is 0 Å². The van der Waals surface area contributed by atoms with Crippen molar-refractivity contribution in [2.45, 2.75) is 0 Å². The minimum atomic E-state index is -4.64. The zero-order chi connectivity index (χ0) is 24.4. The van der Waals surface area contributed by atoms with Crippen LogP contribution in [0.5, 0.6) is 0 Å². The Hall–Kier alpha value is -3.81. The molecule has 0 aliphatic heterocycles. The molecule has 0 unspecified atom stereocenters. The fourth-order valence-electron chi connectivity index (χ4n) is 2.68. The normalized spacial score (nSPS) is 11.2. The van der Waals surface area contributed by atoms with Crippen LogP contribution in [0.4, 0.5) is 11.4 Å². The Bertz CT molecular complexity index is 1130. The fraction of sp³-hybridized carbons (Fsp3) is 0. The van der Waals surface area contributed by atoms with Crippen LogP contribution in [0, 0.1) is 0 Å². The number of hydrogen-bond donors (Lipinski definition) is 5. The molecule has 170 valence electrons. The van der Waals surface area contributed by atoms with Crippen LogP contribution < -0.4 is 11.5 Å². The number of anilines is 2. The average molecular weight is 466 g/mol. The lowest BCUT2D eigenvalue weighted by Crippen LogP contribution is -2.00. The second kappa shape index (κ2) is 11.7.